The molecule has 1 fully saturated rings. The third kappa shape index (κ3) is 2.81. The summed E-state index contributed by atoms with van der Waals surface area (Å²) in [5.74, 6) is 0.991. The molecule has 0 aromatic carbocycles. The van der Waals surface area contributed by atoms with E-state index in [4.69, 9.17) is 0 Å². The maximum absolute atomic E-state index is 4.29. The lowest BCUT2D eigenvalue weighted by atomic mass is 10.1. The molecule has 0 aliphatic carbocycles. The van der Waals surface area contributed by atoms with E-state index in [2.05, 4.69) is 44.3 Å². The second-order valence-corrected chi connectivity index (χ2v) is 4.79. The number of aromatic nitrogens is 1. The third-order valence-electron chi connectivity index (χ3n) is 2.37. The Kier molecular flexibility index (Phi) is 3.58. The fourth-order valence-corrected chi connectivity index (χ4v) is 2.12. The van der Waals surface area contributed by atoms with Crippen LogP contribution in [-0.2, 0) is 0 Å². The Hall–Kier alpha value is -0.360. The van der Waals surface area contributed by atoms with E-state index < -0.39 is 0 Å². The van der Waals surface area contributed by atoms with Crippen molar-refractivity contribution in [1.82, 2.24) is 10.3 Å². The van der Waals surface area contributed by atoms with Crippen molar-refractivity contribution in [3.63, 3.8) is 0 Å². The zero-order valence-electron chi connectivity index (χ0n) is 7.96. The van der Waals surface area contributed by atoms with Gasteiger partial charge in [-0.25, -0.2) is 4.98 Å². The average molecular weight is 303 g/mol. The highest BCUT2D eigenvalue weighted by molar-refractivity contribution is 14.1. The molecule has 1 saturated heterocycles. The number of hydrogen-bond donors (Lipinski definition) is 2. The van der Waals surface area contributed by atoms with Crippen molar-refractivity contribution < 1.29 is 0 Å². The standard InChI is InChI=1S/C10H14IN3/c11-8-3-5-13-10(6-8)14-9-2-1-4-12-7-9/h3,5-6,9,12H,1-2,4,7H2,(H,13,14). The van der Waals surface area contributed by atoms with E-state index in [0.717, 1.165) is 18.9 Å². The zero-order valence-corrected chi connectivity index (χ0v) is 10.1. The van der Waals surface area contributed by atoms with Gasteiger partial charge in [0.15, 0.2) is 0 Å². The van der Waals surface area contributed by atoms with Crippen molar-refractivity contribution in [2.45, 2.75) is 18.9 Å². The number of rotatable bonds is 2. The van der Waals surface area contributed by atoms with Gasteiger partial charge in [0.25, 0.3) is 0 Å². The quantitative estimate of drug-likeness (QED) is 0.819. The van der Waals surface area contributed by atoms with Crippen molar-refractivity contribution in [1.29, 1.82) is 0 Å². The van der Waals surface area contributed by atoms with E-state index in [1.165, 1.54) is 16.4 Å². The molecule has 1 atom stereocenters. The van der Waals surface area contributed by atoms with Crippen LogP contribution in [0.5, 0.6) is 0 Å². The number of halogens is 1. The molecule has 3 nitrogen and oxygen atoms in total. The van der Waals surface area contributed by atoms with E-state index >= 15 is 0 Å². The highest BCUT2D eigenvalue weighted by Crippen LogP contribution is 2.12. The monoisotopic (exact) mass is 303 g/mol. The second-order valence-electron chi connectivity index (χ2n) is 3.55. The summed E-state index contributed by atoms with van der Waals surface area (Å²) in [4.78, 5) is 4.29. The van der Waals surface area contributed by atoms with Gasteiger partial charge < -0.3 is 10.6 Å². The molecule has 0 bridgehead atoms. The minimum Gasteiger partial charge on any atom is -0.366 e. The van der Waals surface area contributed by atoms with Gasteiger partial charge in [-0.2, -0.15) is 0 Å². The van der Waals surface area contributed by atoms with E-state index in [9.17, 15) is 0 Å². The number of hydrogen-bond acceptors (Lipinski definition) is 3. The van der Waals surface area contributed by atoms with E-state index in [1.807, 2.05) is 12.3 Å². The Labute approximate surface area is 97.8 Å². The van der Waals surface area contributed by atoms with E-state index in [-0.39, 0.29) is 0 Å². The van der Waals surface area contributed by atoms with E-state index in [0.29, 0.717) is 6.04 Å². The summed E-state index contributed by atoms with van der Waals surface area (Å²) in [5, 5.41) is 6.82. The lowest BCUT2D eigenvalue weighted by Crippen LogP contribution is -2.38. The summed E-state index contributed by atoms with van der Waals surface area (Å²) in [6.07, 6.45) is 4.34. The average Bonchev–Trinajstić information content (AvgIpc) is 2.19. The van der Waals surface area contributed by atoms with Crippen LogP contribution < -0.4 is 10.6 Å². The molecule has 0 radical (unpaired) electrons. The smallest absolute Gasteiger partial charge is 0.127 e. The lowest BCUT2D eigenvalue weighted by molar-refractivity contribution is 0.479. The van der Waals surface area contributed by atoms with Crippen molar-refractivity contribution in [3.8, 4) is 0 Å². The van der Waals surface area contributed by atoms with Crippen LogP contribution in [0, 0.1) is 3.57 Å². The molecular formula is C10H14IN3. The van der Waals surface area contributed by atoms with Crippen molar-refractivity contribution in [2.24, 2.45) is 0 Å². The molecule has 1 unspecified atom stereocenters. The summed E-state index contributed by atoms with van der Waals surface area (Å²) in [7, 11) is 0. The van der Waals surface area contributed by atoms with Gasteiger partial charge in [-0.05, 0) is 54.1 Å². The van der Waals surface area contributed by atoms with Gasteiger partial charge in [0.05, 0.1) is 0 Å². The molecule has 0 amide bonds. The Morgan fingerprint density at radius 1 is 1.57 bits per heavy atom. The van der Waals surface area contributed by atoms with Gasteiger partial charge in [0.1, 0.15) is 5.82 Å². The molecule has 2 N–H and O–H groups in total. The third-order valence-corrected chi connectivity index (χ3v) is 3.04. The Morgan fingerprint density at radius 3 is 3.21 bits per heavy atom. The number of anilines is 1. The summed E-state index contributed by atoms with van der Waals surface area (Å²) < 4.78 is 1.23. The molecular weight excluding hydrogens is 289 g/mol. The Balaban J connectivity index is 1.95. The molecule has 1 aliphatic heterocycles. The first-order valence-corrected chi connectivity index (χ1v) is 6.01. The topological polar surface area (TPSA) is 37.0 Å². The molecule has 1 aromatic heterocycles. The first-order valence-electron chi connectivity index (χ1n) is 4.93. The maximum atomic E-state index is 4.29. The fraction of sp³-hybridized carbons (Fsp3) is 0.500. The van der Waals surface area contributed by atoms with Crippen LogP contribution in [0.2, 0.25) is 0 Å². The van der Waals surface area contributed by atoms with Crippen LogP contribution in [0.1, 0.15) is 12.8 Å². The van der Waals surface area contributed by atoms with Crippen LogP contribution in [-0.4, -0.2) is 24.1 Å². The normalized spacial score (nSPS) is 21.9. The zero-order chi connectivity index (χ0) is 9.80. The number of piperidine rings is 1. The summed E-state index contributed by atoms with van der Waals surface area (Å²) in [5.41, 5.74) is 0. The van der Waals surface area contributed by atoms with Crippen LogP contribution in [0.25, 0.3) is 0 Å². The van der Waals surface area contributed by atoms with E-state index in [1.54, 1.807) is 0 Å². The molecule has 0 saturated carbocycles. The number of pyridine rings is 1. The number of nitrogens with one attached hydrogen (secondary N) is 2. The van der Waals surface area contributed by atoms with Crippen LogP contribution in [0.3, 0.4) is 0 Å². The SMILES string of the molecule is Ic1ccnc(NC2CCCNC2)c1. The molecule has 1 aromatic rings. The van der Waals surface area contributed by atoms with Crippen LogP contribution in [0.15, 0.2) is 18.3 Å². The van der Waals surface area contributed by atoms with Crippen LogP contribution in [0.4, 0.5) is 5.82 Å². The predicted molar refractivity (Wildman–Crippen MR) is 66.5 cm³/mol. The molecule has 14 heavy (non-hydrogen) atoms. The molecule has 1 aliphatic rings. The molecule has 4 heteroatoms. The molecule has 2 rings (SSSR count). The maximum Gasteiger partial charge on any atom is 0.127 e. The van der Waals surface area contributed by atoms with Crippen LogP contribution >= 0.6 is 22.6 Å². The van der Waals surface area contributed by atoms with Gasteiger partial charge >= 0.3 is 0 Å². The lowest BCUT2D eigenvalue weighted by Gasteiger charge is -2.24. The molecule has 2 heterocycles. The summed E-state index contributed by atoms with van der Waals surface area (Å²) in [6.45, 7) is 2.20. The summed E-state index contributed by atoms with van der Waals surface area (Å²) >= 11 is 2.30. The van der Waals surface area contributed by atoms with Crippen molar-refractivity contribution in [3.05, 3.63) is 21.9 Å². The Morgan fingerprint density at radius 2 is 2.50 bits per heavy atom. The van der Waals surface area contributed by atoms with Gasteiger partial charge in [-0.1, -0.05) is 0 Å². The largest absolute Gasteiger partial charge is 0.366 e. The number of nitrogens with zero attached hydrogens (tertiary/aromatic N) is 1. The van der Waals surface area contributed by atoms with Crippen molar-refractivity contribution >= 4 is 28.4 Å². The minimum atomic E-state index is 0.537. The van der Waals surface area contributed by atoms with Gasteiger partial charge in [0.2, 0.25) is 0 Å². The minimum absolute atomic E-state index is 0.537. The van der Waals surface area contributed by atoms with Crippen molar-refractivity contribution in [2.75, 3.05) is 18.4 Å². The molecule has 0 spiro atoms. The second kappa shape index (κ2) is 4.93. The predicted octanol–water partition coefficient (Wildman–Crippen LogP) is 1.85. The molecule has 76 valence electrons. The van der Waals surface area contributed by atoms with Gasteiger partial charge in [-0.15, -0.1) is 0 Å². The first kappa shape index (κ1) is 10.2. The first-order chi connectivity index (χ1) is 6.84. The highest BCUT2D eigenvalue weighted by Gasteiger charge is 2.12. The highest BCUT2D eigenvalue weighted by atomic mass is 127. The van der Waals surface area contributed by atoms with Gasteiger partial charge in [0, 0.05) is 22.4 Å². The van der Waals surface area contributed by atoms with Gasteiger partial charge in [-0.3, -0.25) is 0 Å². The summed E-state index contributed by atoms with van der Waals surface area (Å²) in [6, 6.07) is 4.62. The fourth-order valence-electron chi connectivity index (χ4n) is 1.67. The Bertz CT molecular complexity index is 297.